The van der Waals surface area contributed by atoms with Crippen LogP contribution < -0.4 is 11.1 Å². The normalized spacial score (nSPS) is 11.1. The van der Waals surface area contributed by atoms with Crippen LogP contribution in [-0.2, 0) is 4.74 Å². The van der Waals surface area contributed by atoms with Crippen LogP contribution >= 0.6 is 11.3 Å². The fraction of sp³-hybridized carbons (Fsp3) is 0.167. The number of rotatable bonds is 6. The predicted octanol–water partition coefficient (Wildman–Crippen LogP) is 3.18. The quantitative estimate of drug-likeness (QED) is 0.509. The molecule has 132 valence electrons. The van der Waals surface area contributed by atoms with E-state index < -0.39 is 0 Å². The molecular weight excluding hydrogens is 348 g/mol. The zero-order valence-electron chi connectivity index (χ0n) is 14.2. The SMILES string of the molecule is COCCNc1nc(-c2cccs2)c2c(N)n(-c3ccccc3)nc2n1. The number of nitrogens with one attached hydrogen (secondary N) is 1. The minimum Gasteiger partial charge on any atom is -0.383 e. The second kappa shape index (κ2) is 7.11. The number of methoxy groups -OCH3 is 1. The van der Waals surface area contributed by atoms with Crippen LogP contribution in [0.25, 0.3) is 27.3 Å². The molecule has 0 unspecified atom stereocenters. The first-order chi connectivity index (χ1) is 12.8. The van der Waals surface area contributed by atoms with Gasteiger partial charge in [-0.15, -0.1) is 16.4 Å². The van der Waals surface area contributed by atoms with Gasteiger partial charge in [-0.2, -0.15) is 4.98 Å². The van der Waals surface area contributed by atoms with Crippen molar-refractivity contribution >= 4 is 34.1 Å². The molecule has 0 saturated heterocycles. The summed E-state index contributed by atoms with van der Waals surface area (Å²) in [6.07, 6.45) is 0. The molecule has 0 spiro atoms. The first kappa shape index (κ1) is 16.5. The summed E-state index contributed by atoms with van der Waals surface area (Å²) in [6.45, 7) is 1.18. The highest BCUT2D eigenvalue weighted by Gasteiger charge is 2.19. The molecule has 8 heteroatoms. The van der Waals surface area contributed by atoms with Crippen LogP contribution in [0.3, 0.4) is 0 Å². The smallest absolute Gasteiger partial charge is 0.225 e. The summed E-state index contributed by atoms with van der Waals surface area (Å²) in [7, 11) is 1.66. The zero-order valence-corrected chi connectivity index (χ0v) is 15.0. The van der Waals surface area contributed by atoms with Gasteiger partial charge < -0.3 is 15.8 Å². The summed E-state index contributed by atoms with van der Waals surface area (Å²) >= 11 is 1.61. The van der Waals surface area contributed by atoms with Gasteiger partial charge in [0, 0.05) is 13.7 Å². The number of nitrogens with zero attached hydrogens (tertiary/aromatic N) is 4. The third kappa shape index (κ3) is 3.00. The Morgan fingerprint density at radius 1 is 1.15 bits per heavy atom. The topological polar surface area (TPSA) is 90.9 Å². The second-order valence-corrected chi connectivity index (χ2v) is 6.57. The molecule has 1 aromatic carbocycles. The van der Waals surface area contributed by atoms with Crippen molar-refractivity contribution in [3.8, 4) is 16.3 Å². The molecule has 0 atom stereocenters. The van der Waals surface area contributed by atoms with E-state index in [1.165, 1.54) is 0 Å². The molecule has 0 amide bonds. The largest absolute Gasteiger partial charge is 0.383 e. The molecule has 0 bridgehead atoms. The summed E-state index contributed by atoms with van der Waals surface area (Å²) < 4.78 is 6.78. The van der Waals surface area contributed by atoms with Gasteiger partial charge in [0.1, 0.15) is 5.82 Å². The van der Waals surface area contributed by atoms with E-state index >= 15 is 0 Å². The van der Waals surface area contributed by atoms with Gasteiger partial charge in [0.25, 0.3) is 0 Å². The molecule has 0 aliphatic carbocycles. The number of benzene rings is 1. The molecule has 0 aliphatic heterocycles. The average Bonchev–Trinajstić information content (AvgIpc) is 3.31. The van der Waals surface area contributed by atoms with Crippen molar-refractivity contribution in [2.45, 2.75) is 0 Å². The number of hydrogen-bond acceptors (Lipinski definition) is 7. The van der Waals surface area contributed by atoms with E-state index in [9.17, 15) is 0 Å². The van der Waals surface area contributed by atoms with Gasteiger partial charge in [-0.3, -0.25) is 0 Å². The summed E-state index contributed by atoms with van der Waals surface area (Å²) in [5.74, 6) is 1.04. The van der Waals surface area contributed by atoms with Crippen molar-refractivity contribution in [3.05, 3.63) is 47.8 Å². The third-order valence-electron chi connectivity index (χ3n) is 3.91. The van der Waals surface area contributed by atoms with E-state index in [0.717, 1.165) is 21.6 Å². The lowest BCUT2D eigenvalue weighted by molar-refractivity contribution is 0.210. The van der Waals surface area contributed by atoms with E-state index in [1.54, 1.807) is 23.1 Å². The Kier molecular flexibility index (Phi) is 4.51. The van der Waals surface area contributed by atoms with Crippen molar-refractivity contribution in [1.82, 2.24) is 19.7 Å². The van der Waals surface area contributed by atoms with Gasteiger partial charge in [0.15, 0.2) is 5.65 Å². The van der Waals surface area contributed by atoms with E-state index in [4.69, 9.17) is 10.5 Å². The van der Waals surface area contributed by atoms with Gasteiger partial charge in [-0.05, 0) is 23.6 Å². The summed E-state index contributed by atoms with van der Waals surface area (Å²) in [5.41, 5.74) is 8.66. The first-order valence-electron chi connectivity index (χ1n) is 8.16. The van der Waals surface area contributed by atoms with Crippen molar-refractivity contribution < 1.29 is 4.74 Å². The number of fused-ring (bicyclic) bond motifs is 1. The molecule has 0 aliphatic rings. The second-order valence-electron chi connectivity index (χ2n) is 5.62. The Bertz CT molecular complexity index is 1010. The van der Waals surface area contributed by atoms with E-state index in [1.807, 2.05) is 47.8 Å². The molecule has 0 fully saturated rings. The average molecular weight is 366 g/mol. The molecule has 3 aromatic heterocycles. The number of hydrogen-bond donors (Lipinski definition) is 2. The van der Waals surface area contributed by atoms with Gasteiger partial charge in [0.2, 0.25) is 5.95 Å². The lowest BCUT2D eigenvalue weighted by Gasteiger charge is -2.07. The molecule has 3 heterocycles. The predicted molar refractivity (Wildman–Crippen MR) is 105 cm³/mol. The molecule has 26 heavy (non-hydrogen) atoms. The maximum absolute atomic E-state index is 6.43. The molecule has 0 radical (unpaired) electrons. The van der Waals surface area contributed by atoms with Crippen molar-refractivity contribution in [3.63, 3.8) is 0 Å². The van der Waals surface area contributed by atoms with Gasteiger partial charge in [-0.1, -0.05) is 24.3 Å². The van der Waals surface area contributed by atoms with Crippen molar-refractivity contribution in [2.75, 3.05) is 31.3 Å². The highest BCUT2D eigenvalue weighted by molar-refractivity contribution is 7.13. The number of anilines is 2. The van der Waals surface area contributed by atoms with Gasteiger partial charge in [-0.25, -0.2) is 9.67 Å². The minimum atomic E-state index is 0.510. The maximum atomic E-state index is 6.43. The minimum absolute atomic E-state index is 0.510. The fourth-order valence-corrected chi connectivity index (χ4v) is 3.43. The Morgan fingerprint density at radius 3 is 2.73 bits per heavy atom. The number of nitrogens with two attached hydrogens (primary N) is 1. The fourth-order valence-electron chi connectivity index (χ4n) is 2.71. The summed E-state index contributed by atoms with van der Waals surface area (Å²) in [5, 5.41) is 10.6. The lowest BCUT2D eigenvalue weighted by atomic mass is 10.2. The molecule has 4 rings (SSSR count). The van der Waals surface area contributed by atoms with Gasteiger partial charge >= 0.3 is 0 Å². The monoisotopic (exact) mass is 366 g/mol. The van der Waals surface area contributed by atoms with Crippen LogP contribution in [0.2, 0.25) is 0 Å². The maximum Gasteiger partial charge on any atom is 0.225 e. The van der Waals surface area contributed by atoms with Crippen LogP contribution in [0.15, 0.2) is 47.8 Å². The highest BCUT2D eigenvalue weighted by atomic mass is 32.1. The molecule has 4 aromatic rings. The Hall–Kier alpha value is -2.97. The lowest BCUT2D eigenvalue weighted by Crippen LogP contribution is -2.10. The summed E-state index contributed by atoms with van der Waals surface area (Å²) in [4.78, 5) is 10.2. The third-order valence-corrected chi connectivity index (χ3v) is 4.79. The van der Waals surface area contributed by atoms with E-state index in [0.29, 0.717) is 30.6 Å². The Labute approximate surface area is 154 Å². The van der Waals surface area contributed by atoms with Gasteiger partial charge in [0.05, 0.1) is 28.3 Å². The number of ether oxygens (including phenoxy) is 1. The molecule has 7 nitrogen and oxygen atoms in total. The standard InChI is InChI=1S/C18H18N6OS/c1-25-10-9-20-18-21-15(13-8-5-11-26-13)14-16(19)24(23-17(14)22-18)12-6-3-2-4-7-12/h2-8,11H,9-10,19H2,1H3,(H,20,22,23). The van der Waals surface area contributed by atoms with E-state index in [2.05, 4.69) is 20.4 Å². The van der Waals surface area contributed by atoms with Crippen LogP contribution in [0.5, 0.6) is 0 Å². The highest BCUT2D eigenvalue weighted by Crippen LogP contribution is 2.34. The number of aromatic nitrogens is 4. The zero-order chi connectivity index (χ0) is 17.9. The number of nitrogen functional groups attached to an aromatic ring is 1. The number of para-hydroxylation sites is 1. The van der Waals surface area contributed by atoms with Crippen molar-refractivity contribution in [1.29, 1.82) is 0 Å². The summed E-state index contributed by atoms with van der Waals surface area (Å²) in [6, 6.07) is 13.8. The number of thiophene rings is 1. The Balaban J connectivity index is 1.89. The molecular formula is C18H18N6OS. The van der Waals surface area contributed by atoms with Crippen LogP contribution in [0.1, 0.15) is 0 Å². The van der Waals surface area contributed by atoms with E-state index in [-0.39, 0.29) is 0 Å². The van der Waals surface area contributed by atoms with Crippen LogP contribution in [0.4, 0.5) is 11.8 Å². The molecule has 0 saturated carbocycles. The van der Waals surface area contributed by atoms with Crippen molar-refractivity contribution in [2.24, 2.45) is 0 Å². The Morgan fingerprint density at radius 2 is 2.00 bits per heavy atom. The van der Waals surface area contributed by atoms with Crippen LogP contribution in [-0.4, -0.2) is 40.0 Å². The first-order valence-corrected chi connectivity index (χ1v) is 9.04. The molecule has 3 N–H and O–H groups in total. The van der Waals surface area contributed by atoms with Crippen LogP contribution in [0, 0.1) is 0 Å².